The summed E-state index contributed by atoms with van der Waals surface area (Å²) in [6.07, 6.45) is 21.8. The summed E-state index contributed by atoms with van der Waals surface area (Å²) in [4.78, 5) is 23.7. The standard InChI is InChI=1S/C35H68O9/c1-3-5-7-9-11-13-14-16-18-20-22-24-35(40)44-30-33(38)28-42-26-31(36)25-41-27-32(37)29-43-34(39)23-21-19-17-15-12-10-8-6-4-2/h31-33,36-38H,3-30H2,1-2H3. The topological polar surface area (TPSA) is 132 Å². The van der Waals surface area contributed by atoms with E-state index in [0.29, 0.717) is 12.8 Å². The van der Waals surface area contributed by atoms with Crippen molar-refractivity contribution < 1.29 is 43.9 Å². The van der Waals surface area contributed by atoms with Gasteiger partial charge in [-0.25, -0.2) is 0 Å². The molecular formula is C35H68O9. The fraction of sp³-hybridized carbons (Fsp3) is 0.943. The molecule has 0 aromatic heterocycles. The largest absolute Gasteiger partial charge is 0.463 e. The summed E-state index contributed by atoms with van der Waals surface area (Å²) < 4.78 is 20.8. The quantitative estimate of drug-likeness (QED) is 0.0517. The van der Waals surface area contributed by atoms with Crippen molar-refractivity contribution in [2.45, 2.75) is 173 Å². The predicted octanol–water partition coefficient (Wildman–Crippen LogP) is 6.81. The molecule has 9 heteroatoms. The van der Waals surface area contributed by atoms with Crippen molar-refractivity contribution in [3.05, 3.63) is 0 Å². The molecule has 0 saturated heterocycles. The lowest BCUT2D eigenvalue weighted by molar-refractivity contribution is -0.148. The molecule has 0 aromatic rings. The molecule has 0 heterocycles. The Kier molecular flexibility index (Phi) is 32.2. The third-order valence-corrected chi connectivity index (χ3v) is 7.58. The Morgan fingerprint density at radius 1 is 0.409 bits per heavy atom. The second-order valence-electron chi connectivity index (χ2n) is 12.3. The van der Waals surface area contributed by atoms with E-state index in [4.69, 9.17) is 18.9 Å². The maximum absolute atomic E-state index is 11.9. The molecule has 0 bridgehead atoms. The summed E-state index contributed by atoms with van der Waals surface area (Å²) in [5.74, 6) is -0.639. The molecule has 3 atom stereocenters. The average Bonchev–Trinajstić information content (AvgIpc) is 3.00. The molecule has 3 unspecified atom stereocenters. The van der Waals surface area contributed by atoms with Gasteiger partial charge in [0, 0.05) is 12.8 Å². The van der Waals surface area contributed by atoms with E-state index in [1.165, 1.54) is 89.9 Å². The van der Waals surface area contributed by atoms with E-state index in [2.05, 4.69) is 13.8 Å². The van der Waals surface area contributed by atoms with Crippen molar-refractivity contribution in [1.82, 2.24) is 0 Å². The molecule has 0 aromatic carbocycles. The number of esters is 2. The van der Waals surface area contributed by atoms with Crippen LogP contribution in [-0.2, 0) is 28.5 Å². The first-order valence-corrected chi connectivity index (χ1v) is 17.9. The highest BCUT2D eigenvalue weighted by Crippen LogP contribution is 2.13. The Bertz CT molecular complexity index is 631. The van der Waals surface area contributed by atoms with Crippen LogP contribution in [0.1, 0.15) is 155 Å². The fourth-order valence-corrected chi connectivity index (χ4v) is 4.86. The third-order valence-electron chi connectivity index (χ3n) is 7.58. The minimum absolute atomic E-state index is 0.0758. The minimum Gasteiger partial charge on any atom is -0.463 e. The molecule has 0 radical (unpaired) electrons. The van der Waals surface area contributed by atoms with Gasteiger partial charge >= 0.3 is 11.9 Å². The van der Waals surface area contributed by atoms with Crippen LogP contribution in [-0.4, -0.2) is 85.2 Å². The van der Waals surface area contributed by atoms with Gasteiger partial charge in [-0.05, 0) is 12.8 Å². The average molecular weight is 633 g/mol. The predicted molar refractivity (Wildman–Crippen MR) is 174 cm³/mol. The fourth-order valence-electron chi connectivity index (χ4n) is 4.86. The maximum Gasteiger partial charge on any atom is 0.305 e. The highest BCUT2D eigenvalue weighted by Gasteiger charge is 2.13. The van der Waals surface area contributed by atoms with E-state index in [9.17, 15) is 24.9 Å². The summed E-state index contributed by atoms with van der Waals surface area (Å²) >= 11 is 0. The van der Waals surface area contributed by atoms with Crippen molar-refractivity contribution in [2.24, 2.45) is 0 Å². The van der Waals surface area contributed by atoms with Gasteiger partial charge in [0.15, 0.2) is 0 Å². The number of aliphatic hydroxyl groups excluding tert-OH is 3. The monoisotopic (exact) mass is 632 g/mol. The van der Waals surface area contributed by atoms with Gasteiger partial charge in [0.05, 0.1) is 26.4 Å². The van der Waals surface area contributed by atoms with E-state index in [0.717, 1.165) is 38.5 Å². The normalized spacial score (nSPS) is 13.5. The van der Waals surface area contributed by atoms with Crippen LogP contribution in [0.4, 0.5) is 0 Å². The van der Waals surface area contributed by atoms with Crippen LogP contribution in [0.25, 0.3) is 0 Å². The number of carbonyl (C=O) groups is 2. The van der Waals surface area contributed by atoms with Crippen LogP contribution in [0, 0.1) is 0 Å². The van der Waals surface area contributed by atoms with Crippen LogP contribution >= 0.6 is 0 Å². The highest BCUT2D eigenvalue weighted by molar-refractivity contribution is 5.69. The van der Waals surface area contributed by atoms with E-state index in [1.54, 1.807) is 0 Å². The van der Waals surface area contributed by atoms with E-state index < -0.39 is 18.3 Å². The molecule has 3 N–H and O–H groups in total. The Morgan fingerprint density at radius 3 is 0.955 bits per heavy atom. The second kappa shape index (κ2) is 33.1. The number of carbonyl (C=O) groups excluding carboxylic acids is 2. The van der Waals surface area contributed by atoms with Gasteiger partial charge in [-0.15, -0.1) is 0 Å². The summed E-state index contributed by atoms with van der Waals surface area (Å²) in [6, 6.07) is 0. The first-order valence-electron chi connectivity index (χ1n) is 17.9. The van der Waals surface area contributed by atoms with Crippen LogP contribution in [0.3, 0.4) is 0 Å². The molecule has 0 aliphatic heterocycles. The van der Waals surface area contributed by atoms with Crippen LogP contribution < -0.4 is 0 Å². The molecule has 0 aliphatic rings. The molecule has 9 nitrogen and oxygen atoms in total. The molecular weight excluding hydrogens is 564 g/mol. The van der Waals surface area contributed by atoms with Crippen molar-refractivity contribution >= 4 is 11.9 Å². The van der Waals surface area contributed by atoms with Crippen molar-refractivity contribution in [1.29, 1.82) is 0 Å². The summed E-state index contributed by atoms with van der Waals surface area (Å²) in [5, 5.41) is 29.9. The number of unbranched alkanes of at least 4 members (excludes halogenated alkanes) is 18. The summed E-state index contributed by atoms with van der Waals surface area (Å²) in [6.45, 7) is 3.84. The third kappa shape index (κ3) is 32.1. The molecule has 0 fully saturated rings. The Hall–Kier alpha value is -1.26. The highest BCUT2D eigenvalue weighted by atomic mass is 16.6. The first kappa shape index (κ1) is 42.7. The van der Waals surface area contributed by atoms with Crippen molar-refractivity contribution in [2.75, 3.05) is 39.6 Å². The minimum atomic E-state index is -0.976. The van der Waals surface area contributed by atoms with Gasteiger partial charge in [0.25, 0.3) is 0 Å². The number of hydrogen-bond donors (Lipinski definition) is 3. The molecule has 0 saturated carbocycles. The van der Waals surface area contributed by atoms with Gasteiger partial charge in [-0.1, -0.05) is 129 Å². The number of aliphatic hydroxyl groups is 3. The molecule has 44 heavy (non-hydrogen) atoms. The number of rotatable bonds is 34. The molecule has 0 aliphatic carbocycles. The Morgan fingerprint density at radius 2 is 0.659 bits per heavy atom. The smallest absolute Gasteiger partial charge is 0.305 e. The van der Waals surface area contributed by atoms with Gasteiger partial charge in [-0.2, -0.15) is 0 Å². The zero-order chi connectivity index (χ0) is 32.5. The number of ether oxygens (including phenoxy) is 4. The van der Waals surface area contributed by atoms with Gasteiger partial charge in [-0.3, -0.25) is 9.59 Å². The molecule has 0 spiro atoms. The van der Waals surface area contributed by atoms with Gasteiger partial charge < -0.3 is 34.3 Å². The molecule has 0 amide bonds. The first-order chi connectivity index (χ1) is 21.4. The van der Waals surface area contributed by atoms with Crippen LogP contribution in [0.2, 0.25) is 0 Å². The zero-order valence-electron chi connectivity index (χ0n) is 28.3. The van der Waals surface area contributed by atoms with Crippen LogP contribution in [0.15, 0.2) is 0 Å². The van der Waals surface area contributed by atoms with Crippen molar-refractivity contribution in [3.63, 3.8) is 0 Å². The Balaban J connectivity index is 3.57. The van der Waals surface area contributed by atoms with E-state index in [-0.39, 0.29) is 51.6 Å². The summed E-state index contributed by atoms with van der Waals surface area (Å²) in [5.41, 5.74) is 0. The second-order valence-corrected chi connectivity index (χ2v) is 12.3. The lowest BCUT2D eigenvalue weighted by atomic mass is 10.1. The zero-order valence-corrected chi connectivity index (χ0v) is 28.3. The SMILES string of the molecule is CCCCCCCCCCCCCC(=O)OCC(O)COCC(O)COCC(O)COC(=O)CCCCCCCCCCC. The summed E-state index contributed by atoms with van der Waals surface area (Å²) in [7, 11) is 0. The molecule has 262 valence electrons. The number of hydrogen-bond acceptors (Lipinski definition) is 9. The van der Waals surface area contributed by atoms with Gasteiger partial charge in [0.2, 0.25) is 0 Å². The van der Waals surface area contributed by atoms with Crippen LogP contribution in [0.5, 0.6) is 0 Å². The lowest BCUT2D eigenvalue weighted by Gasteiger charge is -2.16. The lowest BCUT2D eigenvalue weighted by Crippen LogP contribution is -2.30. The van der Waals surface area contributed by atoms with E-state index >= 15 is 0 Å². The van der Waals surface area contributed by atoms with Crippen molar-refractivity contribution in [3.8, 4) is 0 Å². The van der Waals surface area contributed by atoms with E-state index in [1.807, 2.05) is 0 Å². The molecule has 0 rings (SSSR count). The maximum atomic E-state index is 11.9. The Labute approximate surface area is 268 Å². The van der Waals surface area contributed by atoms with Gasteiger partial charge in [0.1, 0.15) is 31.5 Å².